The van der Waals surface area contributed by atoms with Gasteiger partial charge in [0.2, 0.25) is 0 Å². The van der Waals surface area contributed by atoms with E-state index in [-0.39, 0.29) is 24.0 Å². The van der Waals surface area contributed by atoms with E-state index in [1.54, 1.807) is 12.2 Å². The Bertz CT molecular complexity index is 567. The first-order valence-corrected chi connectivity index (χ1v) is 8.19. The number of benzene rings is 1. The summed E-state index contributed by atoms with van der Waals surface area (Å²) in [6.45, 7) is 1.28. The lowest BCUT2D eigenvalue weighted by Gasteiger charge is -2.11. The predicted octanol–water partition coefficient (Wildman–Crippen LogP) is 3.09. The molecule has 0 aliphatic carbocycles. The number of Topliss-reactive ketones (excluding diaryl/α,β-unsaturated/α-hetero) is 2. The van der Waals surface area contributed by atoms with Gasteiger partial charge in [0.05, 0.1) is 5.57 Å². The van der Waals surface area contributed by atoms with Gasteiger partial charge in [0.1, 0.15) is 0 Å². The van der Waals surface area contributed by atoms with E-state index in [0.29, 0.717) is 31.5 Å². The van der Waals surface area contributed by atoms with E-state index < -0.39 is 0 Å². The second-order valence-corrected chi connectivity index (χ2v) is 6.30. The van der Waals surface area contributed by atoms with Gasteiger partial charge >= 0.3 is 0 Å². The first-order chi connectivity index (χ1) is 11.4. The van der Waals surface area contributed by atoms with Crippen LogP contribution in [0.2, 0.25) is 0 Å². The first-order valence-electron chi connectivity index (χ1n) is 8.19. The first kappa shape index (κ1) is 23.2. The Kier molecular flexibility index (Phi) is 11.7. The highest BCUT2D eigenvalue weighted by Gasteiger charge is 2.17. The third kappa shape index (κ3) is 9.97. The molecule has 0 radical (unpaired) electrons. The third-order valence-corrected chi connectivity index (χ3v) is 3.52. The average Bonchev–Trinajstić information content (AvgIpc) is 2.55. The van der Waals surface area contributed by atoms with Crippen molar-refractivity contribution < 1.29 is 9.59 Å². The highest BCUT2D eigenvalue weighted by atomic mass is 35.5. The maximum absolute atomic E-state index is 12.4. The number of rotatable bonds is 10. The van der Waals surface area contributed by atoms with Crippen LogP contribution in [0, 0.1) is 0 Å². The maximum atomic E-state index is 12.4. The normalized spacial score (nSPS) is 10.8. The van der Waals surface area contributed by atoms with Gasteiger partial charge in [0.25, 0.3) is 0 Å². The monoisotopic (exact) mass is 364 g/mol. The summed E-state index contributed by atoms with van der Waals surface area (Å²) in [5, 5.41) is 0. The molecule has 0 saturated carbocycles. The van der Waals surface area contributed by atoms with Gasteiger partial charge in [-0.15, -0.1) is 12.4 Å². The minimum Gasteiger partial charge on any atom is -0.309 e. The molecule has 0 aliphatic rings. The van der Waals surface area contributed by atoms with Gasteiger partial charge in [-0.25, -0.2) is 0 Å². The molecule has 0 unspecified atom stereocenters. The van der Waals surface area contributed by atoms with Crippen LogP contribution in [-0.2, 0) is 9.59 Å². The van der Waals surface area contributed by atoms with Crippen LogP contribution in [0.5, 0.6) is 0 Å². The van der Waals surface area contributed by atoms with Crippen LogP contribution in [0.4, 0.5) is 0 Å². The Morgan fingerprint density at radius 3 is 1.80 bits per heavy atom. The van der Waals surface area contributed by atoms with Gasteiger partial charge in [0, 0.05) is 25.9 Å². The third-order valence-electron chi connectivity index (χ3n) is 3.52. The van der Waals surface area contributed by atoms with Gasteiger partial charge in [-0.3, -0.25) is 9.59 Å². The van der Waals surface area contributed by atoms with Crippen molar-refractivity contribution >= 4 is 30.0 Å². The van der Waals surface area contributed by atoms with Crippen molar-refractivity contribution in [1.29, 1.82) is 0 Å². The van der Waals surface area contributed by atoms with Crippen LogP contribution in [-0.4, -0.2) is 62.6 Å². The molecule has 25 heavy (non-hydrogen) atoms. The predicted molar refractivity (Wildman–Crippen MR) is 107 cm³/mol. The summed E-state index contributed by atoms with van der Waals surface area (Å²) in [5.74, 6) is -0.185. The minimum atomic E-state index is -0.0924. The van der Waals surface area contributed by atoms with Crippen molar-refractivity contribution in [2.45, 2.75) is 12.8 Å². The molecule has 0 saturated heterocycles. The fourth-order valence-electron chi connectivity index (χ4n) is 2.08. The highest BCUT2D eigenvalue weighted by molar-refractivity contribution is 6.20. The van der Waals surface area contributed by atoms with Crippen LogP contribution in [0.25, 0.3) is 6.08 Å². The summed E-state index contributed by atoms with van der Waals surface area (Å²) >= 11 is 0. The molecular weight excluding hydrogens is 336 g/mol. The molecule has 138 valence electrons. The van der Waals surface area contributed by atoms with E-state index in [1.807, 2.05) is 74.4 Å². The molecule has 0 N–H and O–H groups in total. The summed E-state index contributed by atoms with van der Waals surface area (Å²) in [6.07, 6.45) is 6.05. The smallest absolute Gasteiger partial charge is 0.167 e. The summed E-state index contributed by atoms with van der Waals surface area (Å²) in [7, 11) is 7.67. The van der Waals surface area contributed by atoms with Crippen molar-refractivity contribution in [3.63, 3.8) is 0 Å². The van der Waals surface area contributed by atoms with Crippen molar-refractivity contribution in [3.8, 4) is 0 Å². The molecular formula is C20H29ClN2O2. The summed E-state index contributed by atoms with van der Waals surface area (Å²) in [6, 6.07) is 9.81. The molecule has 1 aromatic rings. The molecule has 0 aliphatic heterocycles. The van der Waals surface area contributed by atoms with Crippen LogP contribution in [0.1, 0.15) is 18.4 Å². The van der Waals surface area contributed by atoms with Crippen molar-refractivity contribution in [1.82, 2.24) is 9.80 Å². The molecule has 0 amide bonds. The quantitative estimate of drug-likeness (QED) is 0.277. The van der Waals surface area contributed by atoms with Gasteiger partial charge < -0.3 is 9.80 Å². The largest absolute Gasteiger partial charge is 0.309 e. The molecule has 0 spiro atoms. The zero-order chi connectivity index (χ0) is 17.9. The number of hydrogen-bond donors (Lipinski definition) is 0. The maximum Gasteiger partial charge on any atom is 0.167 e. The number of carbonyl (C=O) groups is 2. The zero-order valence-electron chi connectivity index (χ0n) is 15.6. The summed E-state index contributed by atoms with van der Waals surface area (Å²) in [5.41, 5.74) is 1.33. The second kappa shape index (κ2) is 12.6. The van der Waals surface area contributed by atoms with E-state index in [2.05, 4.69) is 0 Å². The van der Waals surface area contributed by atoms with Crippen LogP contribution in [0.3, 0.4) is 0 Å². The highest BCUT2D eigenvalue weighted by Crippen LogP contribution is 2.09. The zero-order valence-corrected chi connectivity index (χ0v) is 16.4. The van der Waals surface area contributed by atoms with Crippen molar-refractivity contribution in [3.05, 3.63) is 53.6 Å². The number of halogens is 1. The molecule has 0 bridgehead atoms. The van der Waals surface area contributed by atoms with Gasteiger partial charge in [-0.2, -0.15) is 0 Å². The van der Waals surface area contributed by atoms with E-state index in [0.717, 1.165) is 5.56 Å². The second-order valence-electron chi connectivity index (χ2n) is 6.30. The Balaban J connectivity index is 0.00000576. The molecule has 1 rings (SSSR count). The number of hydrogen-bond acceptors (Lipinski definition) is 4. The summed E-state index contributed by atoms with van der Waals surface area (Å²) in [4.78, 5) is 28.7. The topological polar surface area (TPSA) is 40.6 Å². The van der Waals surface area contributed by atoms with Crippen LogP contribution in [0.15, 0.2) is 48.1 Å². The molecule has 0 fully saturated rings. The lowest BCUT2D eigenvalue weighted by Crippen LogP contribution is -2.23. The van der Waals surface area contributed by atoms with E-state index >= 15 is 0 Å². The van der Waals surface area contributed by atoms with E-state index in [4.69, 9.17) is 0 Å². The number of allylic oxidation sites excluding steroid dienone is 3. The molecule has 5 heteroatoms. The Morgan fingerprint density at radius 1 is 0.880 bits per heavy atom. The van der Waals surface area contributed by atoms with Crippen molar-refractivity contribution in [2.24, 2.45) is 0 Å². The van der Waals surface area contributed by atoms with Crippen LogP contribution < -0.4 is 0 Å². The lowest BCUT2D eigenvalue weighted by atomic mass is 10.0. The Labute approximate surface area is 157 Å². The number of nitrogens with zero attached hydrogens (tertiary/aromatic N) is 2. The molecule has 0 atom stereocenters. The van der Waals surface area contributed by atoms with E-state index in [9.17, 15) is 9.59 Å². The minimum absolute atomic E-state index is 0. The molecule has 1 aromatic carbocycles. The Morgan fingerprint density at radius 2 is 1.36 bits per heavy atom. The van der Waals surface area contributed by atoms with Gasteiger partial charge in [-0.05, 0) is 39.8 Å². The molecule has 0 aromatic heterocycles. The average molecular weight is 365 g/mol. The van der Waals surface area contributed by atoms with Gasteiger partial charge in [0.15, 0.2) is 11.6 Å². The lowest BCUT2D eigenvalue weighted by molar-refractivity contribution is -0.121. The fraction of sp³-hybridized carbons (Fsp3) is 0.400. The Hall–Kier alpha value is -1.75. The summed E-state index contributed by atoms with van der Waals surface area (Å²) < 4.78 is 0. The molecule has 0 heterocycles. The number of ketones is 2. The van der Waals surface area contributed by atoms with E-state index in [1.165, 1.54) is 0 Å². The fourth-order valence-corrected chi connectivity index (χ4v) is 2.08. The number of carbonyl (C=O) groups excluding carboxylic acids is 2. The van der Waals surface area contributed by atoms with Crippen LogP contribution >= 0.6 is 12.4 Å². The van der Waals surface area contributed by atoms with Gasteiger partial charge in [-0.1, -0.05) is 42.5 Å². The molecule has 4 nitrogen and oxygen atoms in total. The standard InChI is InChI=1S/C20H28N2O2.ClH/c1-21(2)15-13-19(23)18(20(24)14-16-22(3)4)12-8-11-17-9-6-5-7-10-17;/h5-12H,13-16H2,1-4H3;1H. The van der Waals surface area contributed by atoms with Crippen molar-refractivity contribution in [2.75, 3.05) is 41.3 Å². The SMILES string of the molecule is CN(C)CCC(=O)C(=CC=Cc1ccccc1)C(=O)CCN(C)C.Cl.